The van der Waals surface area contributed by atoms with E-state index in [-0.39, 0.29) is 5.60 Å². The van der Waals surface area contributed by atoms with Crippen LogP contribution in [0.1, 0.15) is 31.5 Å². The SMILES string of the molecule is COC1(c2nc(=S)n(C)[nH]2)CCCC1. The van der Waals surface area contributed by atoms with Gasteiger partial charge < -0.3 is 4.74 Å². The van der Waals surface area contributed by atoms with Gasteiger partial charge in [0.15, 0.2) is 5.82 Å². The summed E-state index contributed by atoms with van der Waals surface area (Å²) < 4.78 is 7.94. The van der Waals surface area contributed by atoms with Gasteiger partial charge in [-0.15, -0.1) is 0 Å². The van der Waals surface area contributed by atoms with Crippen molar-refractivity contribution in [2.75, 3.05) is 7.11 Å². The van der Waals surface area contributed by atoms with Crippen molar-refractivity contribution in [2.24, 2.45) is 7.05 Å². The molecule has 0 spiro atoms. The Hall–Kier alpha value is -0.680. The lowest BCUT2D eigenvalue weighted by Crippen LogP contribution is -2.26. The summed E-state index contributed by atoms with van der Waals surface area (Å²) >= 11 is 5.07. The van der Waals surface area contributed by atoms with Gasteiger partial charge in [0.25, 0.3) is 0 Å². The maximum Gasteiger partial charge on any atom is 0.215 e. The van der Waals surface area contributed by atoms with Crippen LogP contribution >= 0.6 is 12.2 Å². The first kappa shape index (κ1) is 9.86. The molecule has 1 N–H and O–H groups in total. The first-order valence-corrected chi connectivity index (χ1v) is 5.27. The average molecular weight is 213 g/mol. The van der Waals surface area contributed by atoms with Gasteiger partial charge in [-0.3, -0.25) is 9.78 Å². The Bertz CT molecular complexity index is 376. The van der Waals surface area contributed by atoms with Gasteiger partial charge in [0, 0.05) is 14.2 Å². The molecule has 1 aromatic rings. The third-order valence-electron chi connectivity index (χ3n) is 3.00. The molecule has 2 rings (SSSR count). The second kappa shape index (κ2) is 3.47. The predicted molar refractivity (Wildman–Crippen MR) is 55.5 cm³/mol. The Kier molecular flexibility index (Phi) is 2.45. The Morgan fingerprint density at radius 3 is 2.57 bits per heavy atom. The highest BCUT2D eigenvalue weighted by molar-refractivity contribution is 7.71. The Morgan fingerprint density at radius 1 is 1.50 bits per heavy atom. The van der Waals surface area contributed by atoms with Gasteiger partial charge in [-0.1, -0.05) is 0 Å². The number of nitrogens with one attached hydrogen (secondary N) is 1. The maximum absolute atomic E-state index is 5.60. The molecule has 1 fully saturated rings. The number of rotatable bonds is 2. The normalized spacial score (nSPS) is 20.1. The van der Waals surface area contributed by atoms with E-state index in [0.29, 0.717) is 4.77 Å². The molecule has 1 heterocycles. The number of aromatic amines is 1. The lowest BCUT2D eigenvalue weighted by atomic mass is 10.0. The van der Waals surface area contributed by atoms with Crippen molar-refractivity contribution in [1.82, 2.24) is 14.8 Å². The number of hydrogen-bond acceptors (Lipinski definition) is 3. The first-order valence-electron chi connectivity index (χ1n) is 4.87. The minimum Gasteiger partial charge on any atom is -0.370 e. The molecular formula is C9H15N3OS. The van der Waals surface area contributed by atoms with E-state index in [1.807, 2.05) is 7.05 Å². The molecule has 0 saturated heterocycles. The second-order valence-electron chi connectivity index (χ2n) is 3.82. The molecule has 1 saturated carbocycles. The number of methoxy groups -OCH3 is 1. The van der Waals surface area contributed by atoms with Crippen molar-refractivity contribution in [3.63, 3.8) is 0 Å². The lowest BCUT2D eigenvalue weighted by molar-refractivity contribution is -0.0163. The van der Waals surface area contributed by atoms with E-state index < -0.39 is 0 Å². The molecule has 1 aliphatic carbocycles. The zero-order chi connectivity index (χ0) is 10.2. The van der Waals surface area contributed by atoms with Gasteiger partial charge in [0.2, 0.25) is 4.77 Å². The van der Waals surface area contributed by atoms with Crippen molar-refractivity contribution >= 4 is 12.2 Å². The molecule has 0 amide bonds. The van der Waals surface area contributed by atoms with Crippen molar-refractivity contribution < 1.29 is 4.74 Å². The van der Waals surface area contributed by atoms with Gasteiger partial charge in [0.05, 0.1) is 0 Å². The molecule has 0 aromatic carbocycles. The molecule has 1 aromatic heterocycles. The first-order chi connectivity index (χ1) is 6.68. The zero-order valence-electron chi connectivity index (χ0n) is 8.54. The van der Waals surface area contributed by atoms with Gasteiger partial charge in [-0.2, -0.15) is 0 Å². The van der Waals surface area contributed by atoms with Crippen molar-refractivity contribution in [3.05, 3.63) is 10.6 Å². The van der Waals surface area contributed by atoms with Gasteiger partial charge in [0.1, 0.15) is 5.60 Å². The van der Waals surface area contributed by atoms with Gasteiger partial charge >= 0.3 is 0 Å². The minimum absolute atomic E-state index is 0.213. The van der Waals surface area contributed by atoms with Gasteiger partial charge in [-0.05, 0) is 37.9 Å². The third-order valence-corrected chi connectivity index (χ3v) is 3.37. The summed E-state index contributed by atoms with van der Waals surface area (Å²) in [5.41, 5.74) is -0.213. The highest BCUT2D eigenvalue weighted by Gasteiger charge is 2.38. The molecule has 0 radical (unpaired) electrons. The molecule has 78 valence electrons. The van der Waals surface area contributed by atoms with Crippen LogP contribution in [-0.2, 0) is 17.4 Å². The number of hydrogen-bond donors (Lipinski definition) is 1. The van der Waals surface area contributed by atoms with Gasteiger partial charge in [-0.25, -0.2) is 4.98 Å². The van der Waals surface area contributed by atoms with E-state index in [9.17, 15) is 0 Å². The Morgan fingerprint density at radius 2 is 2.14 bits per heavy atom. The summed E-state index contributed by atoms with van der Waals surface area (Å²) in [4.78, 5) is 4.33. The molecular weight excluding hydrogens is 198 g/mol. The maximum atomic E-state index is 5.60. The fraction of sp³-hybridized carbons (Fsp3) is 0.778. The van der Waals surface area contributed by atoms with E-state index in [0.717, 1.165) is 18.7 Å². The quantitative estimate of drug-likeness (QED) is 0.763. The molecule has 4 nitrogen and oxygen atoms in total. The van der Waals surface area contributed by atoms with E-state index in [1.54, 1.807) is 11.8 Å². The largest absolute Gasteiger partial charge is 0.370 e. The zero-order valence-corrected chi connectivity index (χ0v) is 9.36. The van der Waals surface area contributed by atoms with Crippen molar-refractivity contribution in [3.8, 4) is 0 Å². The number of aryl methyl sites for hydroxylation is 1. The second-order valence-corrected chi connectivity index (χ2v) is 4.18. The summed E-state index contributed by atoms with van der Waals surface area (Å²) in [6, 6.07) is 0. The highest BCUT2D eigenvalue weighted by atomic mass is 32.1. The summed E-state index contributed by atoms with van der Waals surface area (Å²) in [5, 5.41) is 3.15. The third kappa shape index (κ3) is 1.40. The summed E-state index contributed by atoms with van der Waals surface area (Å²) in [7, 11) is 3.62. The van der Waals surface area contributed by atoms with Crippen LogP contribution in [-0.4, -0.2) is 21.9 Å². The smallest absolute Gasteiger partial charge is 0.215 e. The van der Waals surface area contributed by atoms with Crippen LogP contribution in [0.2, 0.25) is 0 Å². The van der Waals surface area contributed by atoms with Crippen LogP contribution in [0.25, 0.3) is 0 Å². The molecule has 14 heavy (non-hydrogen) atoms. The van der Waals surface area contributed by atoms with Crippen LogP contribution in [0.5, 0.6) is 0 Å². The van der Waals surface area contributed by atoms with Crippen LogP contribution in [0, 0.1) is 4.77 Å². The number of aromatic nitrogens is 3. The molecule has 5 heteroatoms. The molecule has 0 bridgehead atoms. The van der Waals surface area contributed by atoms with Crippen LogP contribution in [0.15, 0.2) is 0 Å². The molecule has 0 atom stereocenters. The van der Waals surface area contributed by atoms with E-state index >= 15 is 0 Å². The predicted octanol–water partition coefficient (Wildman–Crippen LogP) is 1.89. The molecule has 0 unspecified atom stereocenters. The fourth-order valence-electron chi connectivity index (χ4n) is 2.09. The van der Waals surface area contributed by atoms with E-state index in [1.165, 1.54) is 12.8 Å². The summed E-state index contributed by atoms with van der Waals surface area (Å²) in [6.07, 6.45) is 4.47. The lowest BCUT2D eigenvalue weighted by Gasteiger charge is -2.24. The highest BCUT2D eigenvalue weighted by Crippen LogP contribution is 2.39. The van der Waals surface area contributed by atoms with Crippen LogP contribution in [0.4, 0.5) is 0 Å². The Balaban J connectivity index is 2.40. The van der Waals surface area contributed by atoms with E-state index in [2.05, 4.69) is 10.1 Å². The van der Waals surface area contributed by atoms with Crippen LogP contribution in [0.3, 0.4) is 0 Å². The standard InChI is InChI=1S/C9H15N3OS/c1-12-8(14)10-7(11-12)9(13-2)5-3-4-6-9/h3-6H2,1-2H3,(H,10,11,14). The monoisotopic (exact) mass is 213 g/mol. The van der Waals surface area contributed by atoms with Crippen molar-refractivity contribution in [2.45, 2.75) is 31.3 Å². The number of H-pyrrole nitrogens is 1. The fourth-order valence-corrected chi connectivity index (χ4v) is 2.23. The topological polar surface area (TPSA) is 42.8 Å². The molecule has 0 aliphatic heterocycles. The van der Waals surface area contributed by atoms with Crippen LogP contribution < -0.4 is 0 Å². The number of ether oxygens (including phenoxy) is 1. The van der Waals surface area contributed by atoms with E-state index in [4.69, 9.17) is 17.0 Å². The minimum atomic E-state index is -0.213. The summed E-state index contributed by atoms with van der Waals surface area (Å²) in [5.74, 6) is 0.880. The number of nitrogens with zero attached hydrogens (tertiary/aromatic N) is 2. The van der Waals surface area contributed by atoms with Crippen molar-refractivity contribution in [1.29, 1.82) is 0 Å². The summed E-state index contributed by atoms with van der Waals surface area (Å²) in [6.45, 7) is 0. The Labute approximate surface area is 88.3 Å². The molecule has 1 aliphatic rings. The average Bonchev–Trinajstić information content (AvgIpc) is 2.75.